The number of nitrogens with zero attached hydrogens (tertiary/aromatic N) is 4. The molecule has 7 heteroatoms. The Morgan fingerprint density at radius 2 is 1.08 bits per heavy atom. The Morgan fingerprint density at radius 1 is 0.479 bits per heavy atom. The van der Waals surface area contributed by atoms with Crippen LogP contribution in [-0.2, 0) is 35.6 Å². The summed E-state index contributed by atoms with van der Waals surface area (Å²) >= 11 is 4.38. The van der Waals surface area contributed by atoms with E-state index in [2.05, 4.69) is 264 Å². The number of imidazole rings is 1. The van der Waals surface area contributed by atoms with Crippen molar-refractivity contribution in [3.05, 3.63) is 231 Å². The van der Waals surface area contributed by atoms with Crippen molar-refractivity contribution in [1.82, 2.24) is 18.7 Å². The fraction of sp³-hybridized carbons (Fsp3) is 0.156. The molecule has 8 aromatic carbocycles. The molecule has 71 heavy (non-hydrogen) atoms. The van der Waals surface area contributed by atoms with Gasteiger partial charge in [0.05, 0.1) is 5.41 Å². The third kappa shape index (κ3) is 6.78. The minimum absolute atomic E-state index is 0.0105. The Labute approximate surface area is 429 Å². The van der Waals surface area contributed by atoms with Gasteiger partial charge in [0.1, 0.15) is 0 Å². The number of aryl methyl sites for hydroxylation is 1. The summed E-state index contributed by atoms with van der Waals surface area (Å²) in [7, 11) is 0. The molecule has 5 nitrogen and oxygen atoms in total. The van der Waals surface area contributed by atoms with Gasteiger partial charge in [-0.3, -0.25) is 0 Å². The van der Waals surface area contributed by atoms with Gasteiger partial charge in [-0.05, 0) is 64.1 Å². The molecule has 0 saturated heterocycles. The van der Waals surface area contributed by atoms with Gasteiger partial charge in [-0.15, -0.1) is 0 Å². The summed E-state index contributed by atoms with van der Waals surface area (Å²) in [6.45, 7) is 15.9. The third-order valence-corrected chi connectivity index (χ3v) is 16.9. The summed E-state index contributed by atoms with van der Waals surface area (Å²) < 4.78 is 15.1. The first kappa shape index (κ1) is 44.0. The predicted octanol–water partition coefficient (Wildman–Crippen LogP) is 16.5. The molecule has 11 aromatic rings. The maximum absolute atomic E-state index is 6.94. The Balaban J connectivity index is 0.971. The first-order valence-corrected chi connectivity index (χ1v) is 26.4. The average molecular weight is 1120 g/mol. The van der Waals surface area contributed by atoms with Crippen LogP contribution in [0.5, 0.6) is 11.5 Å². The molecular weight excluding hydrogens is 1070 g/mol. The van der Waals surface area contributed by atoms with Gasteiger partial charge in [0.2, 0.25) is 0 Å². The molecule has 3 aromatic heterocycles. The van der Waals surface area contributed by atoms with Crippen molar-refractivity contribution in [2.24, 2.45) is 0 Å². The quantitative estimate of drug-likeness (QED) is 0.172. The van der Waals surface area contributed by atoms with Crippen LogP contribution in [0.1, 0.15) is 80.5 Å². The number of hydrogen-bond acceptors (Lipinski definition) is 3. The molecule has 0 atom stereocenters. The van der Waals surface area contributed by atoms with E-state index in [9.17, 15) is 0 Å². The fourth-order valence-corrected chi connectivity index (χ4v) is 13.7. The Bertz CT molecular complexity index is 4010. The van der Waals surface area contributed by atoms with Gasteiger partial charge in [-0.2, -0.15) is 0 Å². The Hall–Kier alpha value is -6.98. The molecule has 0 saturated carbocycles. The maximum atomic E-state index is 6.94. The summed E-state index contributed by atoms with van der Waals surface area (Å²) in [5, 5.41) is 2.33. The molecular formula is C64H52N4OPtS. The zero-order valence-electron chi connectivity index (χ0n) is 40.8. The van der Waals surface area contributed by atoms with E-state index in [4.69, 9.17) is 9.72 Å². The van der Waals surface area contributed by atoms with Crippen LogP contribution in [0, 0.1) is 10.7 Å². The second kappa shape index (κ2) is 16.0. The Morgan fingerprint density at radius 3 is 1.76 bits per heavy atom. The molecule has 0 bridgehead atoms. The molecule has 1 aliphatic heterocycles. The second-order valence-electron chi connectivity index (χ2n) is 21.3. The summed E-state index contributed by atoms with van der Waals surface area (Å²) in [6.07, 6.45) is 1.92. The zero-order chi connectivity index (χ0) is 48.6. The van der Waals surface area contributed by atoms with Gasteiger partial charge < -0.3 is 0 Å². The molecule has 0 N–H and O–H groups in total. The van der Waals surface area contributed by atoms with E-state index in [-0.39, 0.29) is 10.8 Å². The summed E-state index contributed by atoms with van der Waals surface area (Å²) in [5.41, 5.74) is 17.7. The molecule has 1 spiro atoms. The second-order valence-corrected chi connectivity index (χ2v) is 23.4. The van der Waals surface area contributed by atoms with Crippen LogP contribution < -0.4 is 4.74 Å². The van der Waals surface area contributed by atoms with E-state index < -0.39 is 5.41 Å². The van der Waals surface area contributed by atoms with Gasteiger partial charge in [0, 0.05) is 16.0 Å². The molecule has 0 radical (unpaired) electrons. The van der Waals surface area contributed by atoms with Crippen LogP contribution >= 0.6 is 11.8 Å². The number of rotatable bonds is 5. The monoisotopic (exact) mass is 1120 g/mol. The van der Waals surface area contributed by atoms with Crippen LogP contribution in [0.3, 0.4) is 0 Å². The van der Waals surface area contributed by atoms with Gasteiger partial charge in [-0.1, -0.05) is 72.4 Å². The SMILES string of the molecule is Cc1ccnc(-n2c3cc(Oc4cccc(-n5[c](=[Pt])n(-c6cc(C(C)(C)C)cc(C(C)(C)C)c6)c6ccccc65)c4)ccc3c3cc4c(cc32)C2(c3ccccc3Sc3ccccc32)c2ccccc2-4)c1. The summed E-state index contributed by atoms with van der Waals surface area (Å²) in [4.78, 5) is 7.64. The normalized spacial score (nSPS) is 13.7. The first-order chi connectivity index (χ1) is 34.3. The van der Waals surface area contributed by atoms with E-state index in [1.165, 1.54) is 65.4 Å². The summed E-state index contributed by atoms with van der Waals surface area (Å²) in [5.74, 6) is 2.39. The smallest absolute Gasteiger partial charge is 0.0894 e. The molecule has 350 valence electrons. The van der Waals surface area contributed by atoms with Crippen molar-refractivity contribution >= 4 is 44.6 Å². The van der Waals surface area contributed by atoms with Crippen molar-refractivity contribution in [3.8, 4) is 39.8 Å². The molecule has 0 amide bonds. The number of para-hydroxylation sites is 2. The van der Waals surface area contributed by atoms with Crippen LogP contribution in [0.15, 0.2) is 198 Å². The molecule has 0 fully saturated rings. The number of fused-ring (bicyclic) bond motifs is 13. The van der Waals surface area contributed by atoms with Gasteiger partial charge in [0.15, 0.2) is 0 Å². The van der Waals surface area contributed by atoms with E-state index in [0.29, 0.717) is 0 Å². The van der Waals surface area contributed by atoms with Crippen LogP contribution in [0.4, 0.5) is 0 Å². The van der Waals surface area contributed by atoms with Crippen LogP contribution in [0.2, 0.25) is 0 Å². The van der Waals surface area contributed by atoms with E-state index in [1.54, 1.807) is 0 Å². The van der Waals surface area contributed by atoms with Crippen molar-refractivity contribution in [2.45, 2.75) is 74.5 Å². The van der Waals surface area contributed by atoms with Crippen molar-refractivity contribution in [2.75, 3.05) is 0 Å². The zero-order valence-corrected chi connectivity index (χ0v) is 43.9. The predicted molar refractivity (Wildman–Crippen MR) is 288 cm³/mol. The molecule has 2 aliphatic rings. The number of ether oxygens (including phenoxy) is 1. The van der Waals surface area contributed by atoms with Crippen molar-refractivity contribution in [3.63, 3.8) is 0 Å². The Kier molecular flexibility index (Phi) is 9.92. The fourth-order valence-electron chi connectivity index (χ4n) is 11.3. The number of hydrogen-bond donors (Lipinski definition) is 0. The first-order valence-electron chi connectivity index (χ1n) is 24.4. The van der Waals surface area contributed by atoms with Crippen molar-refractivity contribution < 1.29 is 24.1 Å². The van der Waals surface area contributed by atoms with Crippen LogP contribution in [-0.4, -0.2) is 18.7 Å². The minimum atomic E-state index is -0.493. The molecule has 4 heterocycles. The average Bonchev–Trinajstić information content (AvgIpc) is 3.95. The summed E-state index contributed by atoms with van der Waals surface area (Å²) in [6, 6.07) is 67.1. The topological polar surface area (TPSA) is 36.9 Å². The molecule has 13 rings (SSSR count). The van der Waals surface area contributed by atoms with E-state index in [0.717, 1.165) is 59.8 Å². The third-order valence-electron chi connectivity index (χ3n) is 14.8. The molecule has 0 unspecified atom stereocenters. The minimum Gasteiger partial charge on any atom is -0.0894 e. The van der Waals surface area contributed by atoms with Crippen molar-refractivity contribution in [1.29, 1.82) is 0 Å². The van der Waals surface area contributed by atoms with E-state index in [1.807, 2.05) is 18.0 Å². The standard InChI is InChI=1S/C64H52N4OS.Pt/c1-40-29-30-65-61(31-40)68-57-36-46(69-45-18-16-17-43(35-45)66-39-67(56-24-13-12-23-55(56)66)44-33-41(62(2,3)4)32-42(34-44)63(5,6)7)27-28-48(57)50-37-49-47-19-8-9-20-51(47)64(54(49)38-58(50)68)52-21-10-14-25-59(52)70-60-26-15-11-22-53(60)64;/h8-38H,1-7H3;. The molecule has 1 aliphatic carbocycles. The van der Waals surface area contributed by atoms with Gasteiger partial charge >= 0.3 is 275 Å². The van der Waals surface area contributed by atoms with E-state index >= 15 is 0 Å². The van der Waals surface area contributed by atoms with Gasteiger partial charge in [0.25, 0.3) is 0 Å². The number of aromatic nitrogens is 4. The number of benzene rings is 8. The number of pyridine rings is 1. The van der Waals surface area contributed by atoms with Gasteiger partial charge in [-0.25, -0.2) is 0 Å². The van der Waals surface area contributed by atoms with Crippen LogP contribution in [0.25, 0.3) is 61.2 Å².